The summed E-state index contributed by atoms with van der Waals surface area (Å²) in [5, 5.41) is 0. The van der Waals surface area contributed by atoms with Gasteiger partial charge in [0.1, 0.15) is 0 Å². The van der Waals surface area contributed by atoms with Gasteiger partial charge < -0.3 is 5.73 Å². The zero-order valence-corrected chi connectivity index (χ0v) is 10.2. The summed E-state index contributed by atoms with van der Waals surface area (Å²) in [5.74, 6) is 2.80. The van der Waals surface area contributed by atoms with Crippen LogP contribution >= 0.6 is 0 Å². The van der Waals surface area contributed by atoms with Crippen molar-refractivity contribution in [2.24, 2.45) is 23.5 Å². The van der Waals surface area contributed by atoms with Crippen molar-refractivity contribution in [3.63, 3.8) is 0 Å². The molecule has 2 saturated carbocycles. The summed E-state index contributed by atoms with van der Waals surface area (Å²) in [6, 6.07) is 0.367. The van der Waals surface area contributed by atoms with Crippen molar-refractivity contribution < 1.29 is 0 Å². The van der Waals surface area contributed by atoms with Crippen molar-refractivity contribution >= 4 is 0 Å². The minimum absolute atomic E-state index is 0.367. The maximum Gasteiger partial charge on any atom is 0.00106 e. The van der Waals surface area contributed by atoms with E-state index in [1.165, 1.54) is 38.5 Å². The van der Waals surface area contributed by atoms with Crippen molar-refractivity contribution in [1.29, 1.82) is 0 Å². The van der Waals surface area contributed by atoms with Crippen molar-refractivity contribution in [2.75, 3.05) is 0 Å². The Morgan fingerprint density at radius 3 is 2.80 bits per heavy atom. The maximum absolute atomic E-state index is 5.78. The molecule has 2 N–H and O–H groups in total. The number of nitrogens with two attached hydrogens (primary N) is 1. The Morgan fingerprint density at radius 2 is 2.13 bits per heavy atom. The second-order valence-corrected chi connectivity index (χ2v) is 5.78. The van der Waals surface area contributed by atoms with Crippen LogP contribution in [0.2, 0.25) is 0 Å². The second-order valence-electron chi connectivity index (χ2n) is 5.78. The van der Waals surface area contributed by atoms with Crippen LogP contribution in [0.25, 0.3) is 0 Å². The molecular formula is C14H25N. The average Bonchev–Trinajstić information content (AvgIpc) is 2.53. The lowest BCUT2D eigenvalue weighted by atomic mass is 9.70. The molecule has 0 saturated heterocycles. The Hall–Kier alpha value is -0.300. The summed E-state index contributed by atoms with van der Waals surface area (Å²) in [7, 11) is 0. The van der Waals surface area contributed by atoms with E-state index < -0.39 is 0 Å². The first-order valence-corrected chi connectivity index (χ1v) is 6.63. The van der Waals surface area contributed by atoms with Crippen LogP contribution in [0.1, 0.15) is 52.4 Å². The van der Waals surface area contributed by atoms with Crippen molar-refractivity contribution in [2.45, 2.75) is 58.4 Å². The van der Waals surface area contributed by atoms with E-state index in [2.05, 4.69) is 19.9 Å². The van der Waals surface area contributed by atoms with Crippen LogP contribution in [0.5, 0.6) is 0 Å². The molecule has 0 aliphatic heterocycles. The molecule has 2 aliphatic carbocycles. The summed E-state index contributed by atoms with van der Waals surface area (Å²) in [6.07, 6.45) is 10.8. The first-order chi connectivity index (χ1) is 7.16. The Labute approximate surface area is 94.1 Å². The smallest absolute Gasteiger partial charge is 0.00106 e. The Balaban J connectivity index is 1.78. The van der Waals surface area contributed by atoms with Crippen LogP contribution < -0.4 is 5.73 Å². The first-order valence-electron chi connectivity index (χ1n) is 6.63. The number of allylic oxidation sites excluding steroid dienone is 2. The Kier molecular flexibility index (Phi) is 3.50. The maximum atomic E-state index is 5.78. The highest BCUT2D eigenvalue weighted by molar-refractivity contribution is 5.21. The van der Waals surface area contributed by atoms with Gasteiger partial charge in [-0.2, -0.15) is 0 Å². The van der Waals surface area contributed by atoms with Gasteiger partial charge >= 0.3 is 0 Å². The summed E-state index contributed by atoms with van der Waals surface area (Å²) in [5.41, 5.74) is 7.56. The molecule has 2 rings (SSSR count). The van der Waals surface area contributed by atoms with Crippen molar-refractivity contribution in [3.05, 3.63) is 11.6 Å². The van der Waals surface area contributed by atoms with Crippen LogP contribution in [-0.2, 0) is 0 Å². The standard InChI is InChI=1S/C14H25N/c1-10(6-7-11(2)15)8-13-9-12-4-3-5-14(12)13/h8,10-12,14H,3-7,9,15H2,1-2H3/b13-8-. The lowest BCUT2D eigenvalue weighted by molar-refractivity contribution is 0.321. The molecule has 1 nitrogen and oxygen atoms in total. The predicted molar refractivity (Wildman–Crippen MR) is 65.6 cm³/mol. The van der Waals surface area contributed by atoms with Gasteiger partial charge in [-0.1, -0.05) is 25.0 Å². The van der Waals surface area contributed by atoms with E-state index in [1.54, 1.807) is 5.57 Å². The number of fused-ring (bicyclic) bond motifs is 1. The zero-order valence-electron chi connectivity index (χ0n) is 10.2. The fourth-order valence-corrected chi connectivity index (χ4v) is 3.23. The normalized spacial score (nSPS) is 36.1. The molecule has 86 valence electrons. The van der Waals surface area contributed by atoms with Crippen LogP contribution in [0.4, 0.5) is 0 Å². The summed E-state index contributed by atoms with van der Waals surface area (Å²) >= 11 is 0. The molecule has 4 unspecified atom stereocenters. The van der Waals surface area contributed by atoms with Gasteiger partial charge in [0, 0.05) is 6.04 Å². The van der Waals surface area contributed by atoms with Gasteiger partial charge in [0.15, 0.2) is 0 Å². The number of hydrogen-bond acceptors (Lipinski definition) is 1. The van der Waals surface area contributed by atoms with E-state index in [4.69, 9.17) is 5.73 Å². The molecule has 2 fully saturated rings. The topological polar surface area (TPSA) is 26.0 Å². The first kappa shape index (κ1) is 11.2. The highest BCUT2D eigenvalue weighted by Crippen LogP contribution is 2.51. The quantitative estimate of drug-likeness (QED) is 0.702. The largest absolute Gasteiger partial charge is 0.328 e. The zero-order chi connectivity index (χ0) is 10.8. The van der Waals surface area contributed by atoms with Gasteiger partial charge in [-0.25, -0.2) is 0 Å². The van der Waals surface area contributed by atoms with E-state index in [9.17, 15) is 0 Å². The van der Waals surface area contributed by atoms with Gasteiger partial charge in [0.05, 0.1) is 0 Å². The molecule has 0 aromatic carbocycles. The minimum Gasteiger partial charge on any atom is -0.328 e. The SMILES string of the molecule is CC(N)CCC(C)/C=C1/CC2CCCC12. The van der Waals surface area contributed by atoms with Crippen LogP contribution in [0.15, 0.2) is 11.6 Å². The van der Waals surface area contributed by atoms with E-state index >= 15 is 0 Å². The molecule has 2 aliphatic rings. The van der Waals surface area contributed by atoms with Crippen LogP contribution in [0.3, 0.4) is 0 Å². The number of hydrogen-bond donors (Lipinski definition) is 1. The third kappa shape index (κ3) is 2.63. The van der Waals surface area contributed by atoms with Gasteiger partial charge in [0.2, 0.25) is 0 Å². The molecule has 0 amide bonds. The van der Waals surface area contributed by atoms with Gasteiger partial charge in [-0.05, 0) is 56.8 Å². The van der Waals surface area contributed by atoms with E-state index in [1.807, 2.05) is 0 Å². The Bertz CT molecular complexity index is 242. The molecule has 0 aromatic heterocycles. The van der Waals surface area contributed by atoms with Gasteiger partial charge in [-0.3, -0.25) is 0 Å². The molecule has 4 atom stereocenters. The van der Waals surface area contributed by atoms with E-state index in [0.717, 1.165) is 17.8 Å². The molecule has 0 aromatic rings. The predicted octanol–water partition coefficient (Wildman–Crippen LogP) is 3.50. The molecule has 15 heavy (non-hydrogen) atoms. The molecular weight excluding hydrogens is 182 g/mol. The molecule has 0 spiro atoms. The van der Waals surface area contributed by atoms with E-state index in [0.29, 0.717) is 6.04 Å². The third-order valence-corrected chi connectivity index (χ3v) is 4.21. The highest BCUT2D eigenvalue weighted by atomic mass is 14.6. The average molecular weight is 207 g/mol. The van der Waals surface area contributed by atoms with Gasteiger partial charge in [0.25, 0.3) is 0 Å². The lowest BCUT2D eigenvalue weighted by Crippen LogP contribution is -2.24. The molecule has 1 heteroatoms. The Morgan fingerprint density at radius 1 is 1.33 bits per heavy atom. The monoisotopic (exact) mass is 207 g/mol. The fourth-order valence-electron chi connectivity index (χ4n) is 3.23. The van der Waals surface area contributed by atoms with Crippen molar-refractivity contribution in [1.82, 2.24) is 0 Å². The highest BCUT2D eigenvalue weighted by Gasteiger charge is 2.38. The summed E-state index contributed by atoms with van der Waals surface area (Å²) in [4.78, 5) is 0. The number of rotatable bonds is 4. The molecule has 0 bridgehead atoms. The fraction of sp³-hybridized carbons (Fsp3) is 0.857. The molecule has 0 heterocycles. The van der Waals surface area contributed by atoms with Crippen LogP contribution in [-0.4, -0.2) is 6.04 Å². The lowest BCUT2D eigenvalue weighted by Gasteiger charge is -2.35. The summed E-state index contributed by atoms with van der Waals surface area (Å²) in [6.45, 7) is 4.45. The van der Waals surface area contributed by atoms with Crippen molar-refractivity contribution in [3.8, 4) is 0 Å². The van der Waals surface area contributed by atoms with Gasteiger partial charge in [-0.15, -0.1) is 0 Å². The third-order valence-electron chi connectivity index (χ3n) is 4.21. The van der Waals surface area contributed by atoms with E-state index in [-0.39, 0.29) is 0 Å². The second kappa shape index (κ2) is 4.69. The minimum atomic E-state index is 0.367. The van der Waals surface area contributed by atoms with Crippen LogP contribution in [0, 0.1) is 17.8 Å². The molecule has 0 radical (unpaired) electrons. The summed E-state index contributed by atoms with van der Waals surface area (Å²) < 4.78 is 0.